The van der Waals surface area contributed by atoms with Crippen molar-refractivity contribution in [3.63, 3.8) is 0 Å². The number of aromatic nitrogens is 1. The lowest BCUT2D eigenvalue weighted by Crippen LogP contribution is -2.37. The number of carbonyl (C=O) groups is 2. The first-order chi connectivity index (χ1) is 9.78. The van der Waals surface area contributed by atoms with Crippen LogP contribution >= 0.6 is 0 Å². The third-order valence-electron chi connectivity index (χ3n) is 2.55. The molecular weight excluding hydrogens is 270 g/mol. The topological polar surface area (TPSA) is 80.3 Å². The molecule has 1 rings (SSSR count). The molecule has 21 heavy (non-hydrogen) atoms. The predicted molar refractivity (Wildman–Crippen MR) is 80.0 cm³/mol. The first-order valence-corrected chi connectivity index (χ1v) is 6.95. The molecule has 1 aromatic heterocycles. The van der Waals surface area contributed by atoms with Crippen molar-refractivity contribution in [1.82, 2.24) is 15.6 Å². The quantitative estimate of drug-likeness (QED) is 0.871. The lowest BCUT2D eigenvalue weighted by atomic mass is 10.2. The van der Waals surface area contributed by atoms with Crippen molar-refractivity contribution < 1.29 is 14.3 Å². The van der Waals surface area contributed by atoms with Crippen LogP contribution in [0, 0.1) is 0 Å². The summed E-state index contributed by atoms with van der Waals surface area (Å²) >= 11 is 0. The van der Waals surface area contributed by atoms with E-state index in [1.54, 1.807) is 18.3 Å². The second-order valence-corrected chi connectivity index (χ2v) is 5.83. The van der Waals surface area contributed by atoms with Crippen molar-refractivity contribution in [3.8, 4) is 0 Å². The largest absolute Gasteiger partial charge is 0.444 e. The maximum Gasteiger partial charge on any atom is 0.407 e. The average molecular weight is 293 g/mol. The van der Waals surface area contributed by atoms with Gasteiger partial charge in [0.25, 0.3) is 5.91 Å². The van der Waals surface area contributed by atoms with Gasteiger partial charge in [0.15, 0.2) is 0 Å². The van der Waals surface area contributed by atoms with Gasteiger partial charge in [0, 0.05) is 25.0 Å². The minimum atomic E-state index is -0.510. The molecule has 0 aliphatic carbocycles. The van der Waals surface area contributed by atoms with E-state index < -0.39 is 11.7 Å². The summed E-state index contributed by atoms with van der Waals surface area (Å²) in [6, 6.07) is 3.35. The number of nitrogens with zero attached hydrogens (tertiary/aromatic N) is 1. The van der Waals surface area contributed by atoms with Gasteiger partial charge in [-0.05, 0) is 46.2 Å². The van der Waals surface area contributed by atoms with Crippen molar-refractivity contribution in [2.75, 3.05) is 6.54 Å². The van der Waals surface area contributed by atoms with Crippen LogP contribution in [0.25, 0.3) is 0 Å². The van der Waals surface area contributed by atoms with Gasteiger partial charge >= 0.3 is 6.09 Å². The highest BCUT2D eigenvalue weighted by molar-refractivity contribution is 5.93. The van der Waals surface area contributed by atoms with Crippen molar-refractivity contribution >= 4 is 12.0 Å². The third-order valence-corrected chi connectivity index (χ3v) is 2.55. The Morgan fingerprint density at radius 3 is 2.67 bits per heavy atom. The van der Waals surface area contributed by atoms with Gasteiger partial charge in [-0.1, -0.05) is 0 Å². The highest BCUT2D eigenvalue weighted by atomic mass is 16.6. The van der Waals surface area contributed by atoms with Crippen LogP contribution in [-0.4, -0.2) is 35.2 Å². The van der Waals surface area contributed by atoms with E-state index in [0.29, 0.717) is 18.5 Å². The fourth-order valence-electron chi connectivity index (χ4n) is 1.58. The first kappa shape index (κ1) is 16.9. The van der Waals surface area contributed by atoms with Gasteiger partial charge in [0.05, 0.1) is 5.56 Å². The molecule has 116 valence electrons. The number of hydrogen-bond acceptors (Lipinski definition) is 4. The van der Waals surface area contributed by atoms with Gasteiger partial charge in [-0.15, -0.1) is 0 Å². The monoisotopic (exact) mass is 293 g/mol. The number of ether oxygens (including phenoxy) is 1. The maximum atomic E-state index is 11.9. The lowest BCUT2D eigenvalue weighted by Gasteiger charge is -2.20. The zero-order chi connectivity index (χ0) is 15.9. The fraction of sp³-hybridized carbons (Fsp3) is 0.533. The van der Waals surface area contributed by atoms with Gasteiger partial charge in [-0.3, -0.25) is 9.78 Å². The highest BCUT2D eigenvalue weighted by Crippen LogP contribution is 2.06. The maximum absolute atomic E-state index is 11.9. The van der Waals surface area contributed by atoms with Crippen molar-refractivity contribution in [1.29, 1.82) is 0 Å². The standard InChI is InChI=1S/C15H23N3O3/c1-11(7-9-17-14(20)21-15(2,3)4)18-13(19)12-6-5-8-16-10-12/h5-6,8,10-11H,7,9H2,1-4H3,(H,17,20)(H,18,19). The summed E-state index contributed by atoms with van der Waals surface area (Å²) in [4.78, 5) is 27.2. The Balaban J connectivity index is 2.27. The molecule has 0 saturated carbocycles. The van der Waals surface area contributed by atoms with Crippen LogP contribution in [0.2, 0.25) is 0 Å². The molecule has 6 heteroatoms. The fourth-order valence-corrected chi connectivity index (χ4v) is 1.58. The summed E-state index contributed by atoms with van der Waals surface area (Å²) in [6.45, 7) is 7.74. The number of hydrogen-bond donors (Lipinski definition) is 2. The Hall–Kier alpha value is -2.11. The third kappa shape index (κ3) is 7.29. The van der Waals surface area contributed by atoms with E-state index in [2.05, 4.69) is 15.6 Å². The van der Waals surface area contributed by atoms with Crippen molar-refractivity contribution in [2.45, 2.75) is 45.8 Å². The van der Waals surface area contributed by atoms with Gasteiger partial charge in [0.2, 0.25) is 0 Å². The number of amides is 2. The van der Waals surface area contributed by atoms with Crippen molar-refractivity contribution in [2.24, 2.45) is 0 Å². The Kier molecular flexibility index (Phi) is 6.14. The predicted octanol–water partition coefficient (Wildman–Crippen LogP) is 2.11. The van der Waals surface area contributed by atoms with E-state index in [-0.39, 0.29) is 11.9 Å². The molecule has 6 nitrogen and oxygen atoms in total. The minimum Gasteiger partial charge on any atom is -0.444 e. The summed E-state index contributed by atoms with van der Waals surface area (Å²) in [5.41, 5.74) is 0.00831. The molecule has 1 aromatic rings. The molecule has 0 aliphatic rings. The summed E-state index contributed by atoms with van der Waals surface area (Å²) in [5.74, 6) is -0.173. The molecule has 0 fully saturated rings. The lowest BCUT2D eigenvalue weighted by molar-refractivity contribution is 0.0526. The molecule has 1 heterocycles. The summed E-state index contributed by atoms with van der Waals surface area (Å²) in [5, 5.41) is 5.51. The Labute approximate surface area is 125 Å². The summed E-state index contributed by atoms with van der Waals surface area (Å²) in [7, 11) is 0. The van der Waals surface area contributed by atoms with Gasteiger partial charge in [0.1, 0.15) is 5.60 Å². The van der Waals surface area contributed by atoms with E-state index >= 15 is 0 Å². The smallest absolute Gasteiger partial charge is 0.407 e. The molecule has 0 bridgehead atoms. The van der Waals surface area contributed by atoms with Gasteiger partial charge in [-0.25, -0.2) is 4.79 Å². The van der Waals surface area contributed by atoms with Crippen LogP contribution in [0.3, 0.4) is 0 Å². The molecule has 0 saturated heterocycles. The van der Waals surface area contributed by atoms with E-state index in [0.717, 1.165) is 0 Å². The second-order valence-electron chi connectivity index (χ2n) is 5.83. The molecule has 0 aliphatic heterocycles. The number of nitrogens with one attached hydrogen (secondary N) is 2. The van der Waals surface area contributed by atoms with Crippen molar-refractivity contribution in [3.05, 3.63) is 30.1 Å². The van der Waals surface area contributed by atoms with Crippen LogP contribution in [0.4, 0.5) is 4.79 Å². The van der Waals surface area contributed by atoms with Gasteiger partial charge in [-0.2, -0.15) is 0 Å². The van der Waals surface area contributed by atoms with E-state index in [1.807, 2.05) is 27.7 Å². The summed E-state index contributed by atoms with van der Waals surface area (Å²) < 4.78 is 5.12. The Bertz CT molecular complexity index is 469. The Morgan fingerprint density at radius 1 is 1.38 bits per heavy atom. The second kappa shape index (κ2) is 7.61. The molecule has 2 N–H and O–H groups in total. The minimum absolute atomic E-state index is 0.0624. The van der Waals surface area contributed by atoms with E-state index in [9.17, 15) is 9.59 Å². The highest BCUT2D eigenvalue weighted by Gasteiger charge is 2.16. The van der Waals surface area contributed by atoms with E-state index in [4.69, 9.17) is 4.74 Å². The SMILES string of the molecule is CC(CCNC(=O)OC(C)(C)C)NC(=O)c1cccnc1. The number of pyridine rings is 1. The van der Waals surface area contributed by atoms with Crippen LogP contribution in [-0.2, 0) is 4.74 Å². The van der Waals surface area contributed by atoms with E-state index in [1.165, 1.54) is 6.20 Å². The zero-order valence-corrected chi connectivity index (χ0v) is 13.0. The molecular formula is C15H23N3O3. The molecule has 0 spiro atoms. The van der Waals surface area contributed by atoms with Crippen LogP contribution in [0.15, 0.2) is 24.5 Å². The number of rotatable bonds is 5. The number of carbonyl (C=O) groups excluding carboxylic acids is 2. The molecule has 2 amide bonds. The normalized spacial score (nSPS) is 12.4. The van der Waals surface area contributed by atoms with Crippen LogP contribution < -0.4 is 10.6 Å². The summed E-state index contributed by atoms with van der Waals surface area (Å²) in [6.07, 6.45) is 3.30. The zero-order valence-electron chi connectivity index (χ0n) is 13.0. The molecule has 0 aromatic carbocycles. The first-order valence-electron chi connectivity index (χ1n) is 6.95. The molecule has 1 atom stereocenters. The number of alkyl carbamates (subject to hydrolysis) is 1. The molecule has 0 radical (unpaired) electrons. The Morgan fingerprint density at radius 2 is 2.10 bits per heavy atom. The molecule has 1 unspecified atom stereocenters. The van der Waals surface area contributed by atoms with Crippen LogP contribution in [0.1, 0.15) is 44.5 Å². The van der Waals surface area contributed by atoms with Crippen LogP contribution in [0.5, 0.6) is 0 Å². The average Bonchev–Trinajstić information content (AvgIpc) is 2.37. The van der Waals surface area contributed by atoms with Gasteiger partial charge < -0.3 is 15.4 Å².